The summed E-state index contributed by atoms with van der Waals surface area (Å²) in [4.78, 5) is 12.8. The molecule has 0 bridgehead atoms. The third kappa shape index (κ3) is 4.69. The third-order valence-electron chi connectivity index (χ3n) is 8.13. The molecule has 3 aliphatic carbocycles. The second kappa shape index (κ2) is 10.0. The summed E-state index contributed by atoms with van der Waals surface area (Å²) < 4.78 is 12.2. The van der Waals surface area contributed by atoms with Crippen molar-refractivity contribution in [3.8, 4) is 5.75 Å². The van der Waals surface area contributed by atoms with Gasteiger partial charge in [0.05, 0.1) is 19.3 Å². The number of aliphatic hydroxyl groups excluding tert-OH is 1. The van der Waals surface area contributed by atoms with Crippen LogP contribution in [0.25, 0.3) is 0 Å². The van der Waals surface area contributed by atoms with Crippen LogP contribution in [0.5, 0.6) is 5.75 Å². The summed E-state index contributed by atoms with van der Waals surface area (Å²) in [5.41, 5.74) is 2.29. The van der Waals surface area contributed by atoms with E-state index in [1.165, 1.54) is 11.1 Å². The van der Waals surface area contributed by atoms with Crippen LogP contribution in [0.4, 0.5) is 0 Å². The molecule has 1 aromatic carbocycles. The Kier molecular flexibility index (Phi) is 7.35. The number of ether oxygens (including phenoxy) is 2. The molecular formula is C26H38O5. The van der Waals surface area contributed by atoms with Gasteiger partial charge in [0, 0.05) is 31.0 Å². The van der Waals surface area contributed by atoms with Gasteiger partial charge in [-0.05, 0) is 73.6 Å². The molecule has 2 saturated carbocycles. The van der Waals surface area contributed by atoms with E-state index in [-0.39, 0.29) is 18.1 Å². The maximum Gasteiger partial charge on any atom is 0.139 e. The number of fused-ring (bicyclic) bond motifs is 5. The molecule has 0 amide bonds. The van der Waals surface area contributed by atoms with E-state index in [1.807, 2.05) is 6.07 Å². The van der Waals surface area contributed by atoms with Gasteiger partial charge in [-0.1, -0.05) is 25.8 Å². The summed E-state index contributed by atoms with van der Waals surface area (Å²) in [6.07, 6.45) is 8.57. The normalized spacial score (nSPS) is 31.9. The lowest BCUT2D eigenvalue weighted by molar-refractivity contribution is -0.137. The fourth-order valence-electron chi connectivity index (χ4n) is 6.58. The maximum atomic E-state index is 12.8. The van der Waals surface area contributed by atoms with Crippen molar-refractivity contribution < 1.29 is 24.5 Å². The van der Waals surface area contributed by atoms with Gasteiger partial charge in [-0.25, -0.2) is 0 Å². The fourth-order valence-corrected chi connectivity index (χ4v) is 6.58. The number of aromatic hydroxyl groups is 1. The molecule has 5 nitrogen and oxygen atoms in total. The van der Waals surface area contributed by atoms with E-state index >= 15 is 0 Å². The Hall–Kier alpha value is -1.43. The van der Waals surface area contributed by atoms with E-state index < -0.39 is 0 Å². The van der Waals surface area contributed by atoms with E-state index in [1.54, 1.807) is 6.07 Å². The van der Waals surface area contributed by atoms with Crippen molar-refractivity contribution in [1.29, 1.82) is 0 Å². The van der Waals surface area contributed by atoms with Crippen molar-refractivity contribution in [3.05, 3.63) is 29.3 Å². The van der Waals surface area contributed by atoms with E-state index in [4.69, 9.17) is 14.6 Å². The summed E-state index contributed by atoms with van der Waals surface area (Å²) in [6.45, 7) is 4.29. The van der Waals surface area contributed by atoms with E-state index in [0.29, 0.717) is 48.9 Å². The number of benzene rings is 1. The van der Waals surface area contributed by atoms with Crippen LogP contribution in [0.3, 0.4) is 0 Å². The molecule has 0 saturated heterocycles. The number of hydrogen-bond donors (Lipinski definition) is 2. The van der Waals surface area contributed by atoms with Gasteiger partial charge in [0.1, 0.15) is 11.5 Å². The number of unbranched alkanes of at least 4 members (excludes halogenated alkanes) is 3. The zero-order chi connectivity index (χ0) is 21.8. The van der Waals surface area contributed by atoms with Crippen molar-refractivity contribution in [3.63, 3.8) is 0 Å². The average molecular weight is 431 g/mol. The fraction of sp³-hybridized carbons (Fsp3) is 0.731. The standard InChI is InChI=1S/C26H38O5/c1-26-17-23(31-15-14-30-13-5-3-2-4-12-27)25-20-9-7-19(28)16-18(20)6-8-21(25)22(26)10-11-24(26)29/h7,9,16,21-23,25,27-28H,2-6,8,10-15,17H2,1H3/t21-,22-,23-,25+,26-/m0/s1. The first-order chi connectivity index (χ1) is 15.0. The van der Waals surface area contributed by atoms with Gasteiger partial charge in [-0.3, -0.25) is 4.79 Å². The number of Topliss-reactive ketones (excluding diaryl/α,β-unsaturated/α-hetero) is 1. The topological polar surface area (TPSA) is 76.0 Å². The Morgan fingerprint density at radius 1 is 1.06 bits per heavy atom. The largest absolute Gasteiger partial charge is 0.508 e. The molecule has 172 valence electrons. The lowest BCUT2D eigenvalue weighted by atomic mass is 9.54. The monoisotopic (exact) mass is 430 g/mol. The number of phenols is 1. The first-order valence-electron chi connectivity index (χ1n) is 12.2. The number of rotatable bonds is 10. The Morgan fingerprint density at radius 3 is 2.74 bits per heavy atom. The lowest BCUT2D eigenvalue weighted by Gasteiger charge is -2.51. The van der Waals surface area contributed by atoms with Crippen LogP contribution in [-0.4, -0.2) is 48.5 Å². The number of phenolic OH excluding ortho intramolecular Hbond substituents is 1. The van der Waals surface area contributed by atoms with Gasteiger partial charge in [-0.2, -0.15) is 0 Å². The summed E-state index contributed by atoms with van der Waals surface area (Å²) in [5, 5.41) is 18.8. The molecule has 0 aromatic heterocycles. The van der Waals surface area contributed by atoms with E-state index in [9.17, 15) is 9.90 Å². The highest BCUT2D eigenvalue weighted by molar-refractivity contribution is 5.87. The number of aryl methyl sites for hydroxylation is 1. The minimum atomic E-state index is -0.256. The molecule has 31 heavy (non-hydrogen) atoms. The highest BCUT2D eigenvalue weighted by Crippen LogP contribution is 2.60. The van der Waals surface area contributed by atoms with E-state index in [0.717, 1.165) is 58.0 Å². The third-order valence-corrected chi connectivity index (χ3v) is 8.13. The van der Waals surface area contributed by atoms with Crippen LogP contribution >= 0.6 is 0 Å². The van der Waals surface area contributed by atoms with Gasteiger partial charge in [-0.15, -0.1) is 0 Å². The Balaban J connectivity index is 1.40. The van der Waals surface area contributed by atoms with Crippen LogP contribution in [-0.2, 0) is 20.7 Å². The van der Waals surface area contributed by atoms with Crippen LogP contribution in [0.2, 0.25) is 0 Å². The molecule has 0 aliphatic heterocycles. The maximum absolute atomic E-state index is 12.8. The molecule has 0 unspecified atom stereocenters. The first kappa shape index (κ1) is 22.8. The van der Waals surface area contributed by atoms with Gasteiger partial charge in [0.2, 0.25) is 0 Å². The van der Waals surface area contributed by atoms with Crippen molar-refractivity contribution in [2.75, 3.05) is 26.4 Å². The molecular weight excluding hydrogens is 392 g/mol. The van der Waals surface area contributed by atoms with Crippen molar-refractivity contribution in [2.45, 2.75) is 76.7 Å². The Labute approximate surface area is 186 Å². The smallest absolute Gasteiger partial charge is 0.139 e. The van der Waals surface area contributed by atoms with Crippen molar-refractivity contribution >= 4 is 5.78 Å². The van der Waals surface area contributed by atoms with Crippen molar-refractivity contribution in [1.82, 2.24) is 0 Å². The molecule has 5 heteroatoms. The zero-order valence-electron chi connectivity index (χ0n) is 18.9. The summed E-state index contributed by atoms with van der Waals surface area (Å²) in [5.74, 6) is 1.97. The Morgan fingerprint density at radius 2 is 1.90 bits per heavy atom. The number of carbonyl (C=O) groups is 1. The van der Waals surface area contributed by atoms with E-state index in [2.05, 4.69) is 13.0 Å². The Bertz CT molecular complexity index is 762. The number of hydrogen-bond acceptors (Lipinski definition) is 5. The highest BCUT2D eigenvalue weighted by atomic mass is 16.5. The number of aliphatic hydroxyl groups is 1. The van der Waals surface area contributed by atoms with Crippen LogP contribution in [0.1, 0.15) is 75.3 Å². The molecule has 4 rings (SSSR count). The predicted octanol–water partition coefficient (Wildman–Crippen LogP) is 4.38. The SMILES string of the molecule is C[C@]12C[C@H](OCCOCCCCCCO)[C@@H]3c4ccc(O)cc4CC[C@H]3[C@@H]1CCC2=O. The number of ketones is 1. The highest BCUT2D eigenvalue weighted by Gasteiger charge is 2.58. The minimum absolute atomic E-state index is 0.0186. The molecule has 2 N–H and O–H groups in total. The van der Waals surface area contributed by atoms with Crippen molar-refractivity contribution in [2.24, 2.45) is 17.3 Å². The molecule has 1 aromatic rings. The molecule has 3 aliphatic rings. The first-order valence-corrected chi connectivity index (χ1v) is 12.2. The lowest BCUT2D eigenvalue weighted by Crippen LogP contribution is -2.50. The average Bonchev–Trinajstić information content (AvgIpc) is 3.06. The molecule has 5 atom stereocenters. The van der Waals surface area contributed by atoms with Crippen LogP contribution in [0, 0.1) is 17.3 Å². The van der Waals surface area contributed by atoms with Gasteiger partial charge in [0.15, 0.2) is 0 Å². The summed E-state index contributed by atoms with van der Waals surface area (Å²) in [7, 11) is 0. The van der Waals surface area contributed by atoms with Gasteiger partial charge in [0.25, 0.3) is 0 Å². The second-order valence-electron chi connectivity index (χ2n) is 9.96. The molecule has 2 fully saturated rings. The summed E-state index contributed by atoms with van der Waals surface area (Å²) >= 11 is 0. The quantitative estimate of drug-likeness (QED) is 0.539. The second-order valence-corrected chi connectivity index (χ2v) is 9.96. The summed E-state index contributed by atoms with van der Waals surface area (Å²) in [6, 6.07) is 5.79. The molecule has 0 spiro atoms. The zero-order valence-corrected chi connectivity index (χ0v) is 18.9. The molecule has 0 heterocycles. The minimum Gasteiger partial charge on any atom is -0.508 e. The number of carbonyl (C=O) groups excluding carboxylic acids is 1. The molecule has 0 radical (unpaired) electrons. The van der Waals surface area contributed by atoms with Gasteiger partial charge >= 0.3 is 0 Å². The van der Waals surface area contributed by atoms with Crippen LogP contribution < -0.4 is 0 Å². The predicted molar refractivity (Wildman–Crippen MR) is 119 cm³/mol. The van der Waals surface area contributed by atoms with Crippen LogP contribution in [0.15, 0.2) is 18.2 Å². The van der Waals surface area contributed by atoms with Gasteiger partial charge < -0.3 is 19.7 Å².